The third-order valence-corrected chi connectivity index (χ3v) is 2.40. The molecular weight excluding hydrogens is 262 g/mol. The van der Waals surface area contributed by atoms with Crippen molar-refractivity contribution in [3.05, 3.63) is 41.3 Å². The minimum Gasteiger partial charge on any atom is -0.384 e. The van der Waals surface area contributed by atoms with Gasteiger partial charge in [0.15, 0.2) is 5.82 Å². The summed E-state index contributed by atoms with van der Waals surface area (Å²) in [5.74, 6) is -1.10. The number of nitrogens with two attached hydrogens (primary N) is 1. The quantitative estimate of drug-likeness (QED) is 0.810. The van der Waals surface area contributed by atoms with Gasteiger partial charge >= 0.3 is 6.18 Å². The van der Waals surface area contributed by atoms with E-state index in [-0.39, 0.29) is 17.2 Å². The Morgan fingerprint density at radius 2 is 1.79 bits per heavy atom. The second kappa shape index (κ2) is 4.49. The molecule has 1 aromatic carbocycles. The lowest BCUT2D eigenvalue weighted by Crippen LogP contribution is -2.09. The van der Waals surface area contributed by atoms with Crippen molar-refractivity contribution in [1.82, 2.24) is 9.97 Å². The van der Waals surface area contributed by atoms with Crippen LogP contribution < -0.4 is 5.73 Å². The molecule has 0 aliphatic rings. The first-order valence-corrected chi connectivity index (χ1v) is 5.25. The molecule has 0 spiro atoms. The molecule has 0 saturated heterocycles. The number of alkyl halides is 3. The van der Waals surface area contributed by atoms with Crippen LogP contribution in [0, 0.1) is 12.7 Å². The Hall–Kier alpha value is -2.18. The number of hydrogen-bond donors (Lipinski definition) is 1. The molecule has 3 nitrogen and oxygen atoms in total. The third kappa shape index (κ3) is 2.81. The number of nitrogen functional groups attached to an aromatic ring is 1. The minimum absolute atomic E-state index is 0.0555. The van der Waals surface area contributed by atoms with Crippen LogP contribution in [-0.2, 0) is 6.18 Å². The molecule has 0 radical (unpaired) electrons. The zero-order valence-electron chi connectivity index (χ0n) is 9.79. The lowest BCUT2D eigenvalue weighted by atomic mass is 10.1. The fraction of sp³-hybridized carbons (Fsp3) is 0.167. The van der Waals surface area contributed by atoms with Crippen LogP contribution in [-0.4, -0.2) is 9.97 Å². The van der Waals surface area contributed by atoms with E-state index in [1.807, 2.05) is 0 Å². The molecule has 100 valence electrons. The number of rotatable bonds is 1. The van der Waals surface area contributed by atoms with E-state index in [1.54, 1.807) is 6.92 Å². The van der Waals surface area contributed by atoms with E-state index in [4.69, 9.17) is 5.73 Å². The van der Waals surface area contributed by atoms with Crippen molar-refractivity contribution < 1.29 is 17.6 Å². The molecule has 7 heteroatoms. The lowest BCUT2D eigenvalue weighted by Gasteiger charge is -2.12. The van der Waals surface area contributed by atoms with Gasteiger partial charge in [0.05, 0.1) is 5.56 Å². The highest BCUT2D eigenvalue weighted by Crippen LogP contribution is 2.36. The number of hydrogen-bond acceptors (Lipinski definition) is 3. The van der Waals surface area contributed by atoms with Gasteiger partial charge in [-0.2, -0.15) is 13.2 Å². The Balaban J connectivity index is 2.68. The van der Waals surface area contributed by atoms with Gasteiger partial charge < -0.3 is 5.73 Å². The predicted molar refractivity (Wildman–Crippen MR) is 61.6 cm³/mol. The van der Waals surface area contributed by atoms with Crippen LogP contribution in [0.1, 0.15) is 11.3 Å². The molecule has 1 heterocycles. The smallest absolute Gasteiger partial charge is 0.384 e. The van der Waals surface area contributed by atoms with E-state index < -0.39 is 17.6 Å². The van der Waals surface area contributed by atoms with Crippen molar-refractivity contribution in [3.8, 4) is 11.4 Å². The van der Waals surface area contributed by atoms with Gasteiger partial charge in [0.1, 0.15) is 11.6 Å². The molecule has 19 heavy (non-hydrogen) atoms. The van der Waals surface area contributed by atoms with E-state index >= 15 is 0 Å². The summed E-state index contributed by atoms with van der Waals surface area (Å²) < 4.78 is 51.6. The molecule has 0 aliphatic heterocycles. The van der Waals surface area contributed by atoms with Gasteiger partial charge in [-0.05, 0) is 25.1 Å². The van der Waals surface area contributed by atoms with Crippen LogP contribution >= 0.6 is 0 Å². The number of aryl methyl sites for hydroxylation is 1. The second-order valence-corrected chi connectivity index (χ2v) is 3.95. The van der Waals surface area contributed by atoms with E-state index in [9.17, 15) is 17.6 Å². The molecule has 0 fully saturated rings. The van der Waals surface area contributed by atoms with Gasteiger partial charge in [-0.25, -0.2) is 14.4 Å². The highest BCUT2D eigenvalue weighted by molar-refractivity contribution is 5.62. The molecule has 2 N–H and O–H groups in total. The SMILES string of the molecule is Cc1cc(N)nc(-c2ccc(F)cc2C(F)(F)F)n1. The highest BCUT2D eigenvalue weighted by atomic mass is 19.4. The van der Waals surface area contributed by atoms with Crippen LogP contribution in [0.5, 0.6) is 0 Å². The number of nitrogens with zero attached hydrogens (tertiary/aromatic N) is 2. The van der Waals surface area contributed by atoms with Gasteiger partial charge in [0.25, 0.3) is 0 Å². The van der Waals surface area contributed by atoms with Crippen LogP contribution in [0.15, 0.2) is 24.3 Å². The van der Waals surface area contributed by atoms with Crippen LogP contribution in [0.2, 0.25) is 0 Å². The van der Waals surface area contributed by atoms with Gasteiger partial charge in [0, 0.05) is 17.3 Å². The van der Waals surface area contributed by atoms with Crippen molar-refractivity contribution in [2.24, 2.45) is 0 Å². The molecule has 0 atom stereocenters. The summed E-state index contributed by atoms with van der Waals surface area (Å²) in [6, 6.07) is 3.76. The Labute approximate surface area is 106 Å². The summed E-state index contributed by atoms with van der Waals surface area (Å²) in [5.41, 5.74) is 4.48. The lowest BCUT2D eigenvalue weighted by molar-refractivity contribution is -0.137. The Morgan fingerprint density at radius 1 is 1.11 bits per heavy atom. The summed E-state index contributed by atoms with van der Waals surface area (Å²) in [5, 5.41) is 0. The molecular formula is C12H9F4N3. The van der Waals surface area contributed by atoms with E-state index in [0.29, 0.717) is 11.8 Å². The third-order valence-electron chi connectivity index (χ3n) is 2.40. The maximum absolute atomic E-state index is 13.0. The van der Waals surface area contributed by atoms with Crippen molar-refractivity contribution in [3.63, 3.8) is 0 Å². The number of halogens is 4. The van der Waals surface area contributed by atoms with Crippen molar-refractivity contribution >= 4 is 5.82 Å². The van der Waals surface area contributed by atoms with E-state index in [2.05, 4.69) is 9.97 Å². The number of aromatic nitrogens is 2. The molecule has 2 rings (SSSR count). The molecule has 0 amide bonds. The molecule has 1 aromatic heterocycles. The van der Waals surface area contributed by atoms with Crippen molar-refractivity contribution in [1.29, 1.82) is 0 Å². The normalized spacial score (nSPS) is 11.6. The fourth-order valence-corrected chi connectivity index (χ4v) is 1.66. The van der Waals surface area contributed by atoms with Crippen molar-refractivity contribution in [2.75, 3.05) is 5.73 Å². The maximum atomic E-state index is 13.0. The van der Waals surface area contributed by atoms with E-state index in [0.717, 1.165) is 12.1 Å². The van der Waals surface area contributed by atoms with Gasteiger partial charge in [0.2, 0.25) is 0 Å². The predicted octanol–water partition coefficient (Wildman–Crippen LogP) is 3.19. The summed E-state index contributed by atoms with van der Waals surface area (Å²) in [7, 11) is 0. The largest absolute Gasteiger partial charge is 0.417 e. The second-order valence-electron chi connectivity index (χ2n) is 3.95. The molecule has 2 aromatic rings. The monoisotopic (exact) mass is 271 g/mol. The van der Waals surface area contributed by atoms with Gasteiger partial charge in [-0.15, -0.1) is 0 Å². The molecule has 0 bridgehead atoms. The summed E-state index contributed by atoms with van der Waals surface area (Å²) in [4.78, 5) is 7.65. The topological polar surface area (TPSA) is 51.8 Å². The minimum atomic E-state index is -4.70. The molecule has 0 saturated carbocycles. The average Bonchev–Trinajstić information content (AvgIpc) is 2.26. The number of benzene rings is 1. The van der Waals surface area contributed by atoms with Crippen molar-refractivity contribution in [2.45, 2.75) is 13.1 Å². The summed E-state index contributed by atoms with van der Waals surface area (Å²) >= 11 is 0. The summed E-state index contributed by atoms with van der Waals surface area (Å²) in [6.07, 6.45) is -4.70. The first kappa shape index (κ1) is 13.3. The molecule has 0 aliphatic carbocycles. The standard InChI is InChI=1S/C12H9F4N3/c1-6-4-10(17)19-11(18-6)8-3-2-7(13)5-9(8)12(14,15)16/h2-5H,1H3,(H2,17,18,19). The zero-order valence-corrected chi connectivity index (χ0v) is 9.79. The van der Waals surface area contributed by atoms with Gasteiger partial charge in [-0.3, -0.25) is 0 Å². The summed E-state index contributed by atoms with van der Waals surface area (Å²) in [6.45, 7) is 1.58. The Morgan fingerprint density at radius 3 is 2.37 bits per heavy atom. The van der Waals surface area contributed by atoms with E-state index in [1.165, 1.54) is 6.07 Å². The highest BCUT2D eigenvalue weighted by Gasteiger charge is 2.35. The maximum Gasteiger partial charge on any atom is 0.417 e. The number of anilines is 1. The van der Waals surface area contributed by atoms with Crippen LogP contribution in [0.25, 0.3) is 11.4 Å². The zero-order chi connectivity index (χ0) is 14.2. The Kier molecular flexibility index (Phi) is 3.13. The average molecular weight is 271 g/mol. The van der Waals surface area contributed by atoms with Crippen LogP contribution in [0.4, 0.5) is 23.4 Å². The van der Waals surface area contributed by atoms with Gasteiger partial charge in [-0.1, -0.05) is 0 Å². The Bertz CT molecular complexity index is 603. The first-order chi connectivity index (χ1) is 8.77. The fourth-order valence-electron chi connectivity index (χ4n) is 1.66. The first-order valence-electron chi connectivity index (χ1n) is 5.25. The molecule has 0 unspecified atom stereocenters. The van der Waals surface area contributed by atoms with Crippen LogP contribution in [0.3, 0.4) is 0 Å².